The Bertz CT molecular complexity index is 1160. The van der Waals surface area contributed by atoms with Crippen LogP contribution in [0.2, 0.25) is 0 Å². The van der Waals surface area contributed by atoms with Crippen LogP contribution in [0.3, 0.4) is 0 Å². The predicted molar refractivity (Wildman–Crippen MR) is 215 cm³/mol. The van der Waals surface area contributed by atoms with Gasteiger partial charge in [0, 0.05) is 24.8 Å². The van der Waals surface area contributed by atoms with Gasteiger partial charge < -0.3 is 9.64 Å². The van der Waals surface area contributed by atoms with Crippen LogP contribution in [0, 0.1) is 35.0 Å². The van der Waals surface area contributed by atoms with Crippen molar-refractivity contribution in [3.8, 4) is 11.8 Å². The number of ether oxygens (including phenoxy) is 1. The van der Waals surface area contributed by atoms with Gasteiger partial charge in [-0.3, -0.25) is 10.9 Å². The maximum atomic E-state index is 9.92. The van der Waals surface area contributed by atoms with Gasteiger partial charge in [0.15, 0.2) is 0 Å². The minimum absolute atomic E-state index is 0.538. The molecule has 0 aliphatic heterocycles. The summed E-state index contributed by atoms with van der Waals surface area (Å²) in [5.41, 5.74) is 9.90. The van der Waals surface area contributed by atoms with Crippen LogP contribution in [0.1, 0.15) is 169 Å². The van der Waals surface area contributed by atoms with E-state index in [-0.39, 0.29) is 0 Å². The van der Waals surface area contributed by atoms with E-state index in [0.29, 0.717) is 35.2 Å². The summed E-state index contributed by atoms with van der Waals surface area (Å²) in [6.07, 6.45) is 20.4. The molecule has 49 heavy (non-hydrogen) atoms. The Morgan fingerprint density at radius 3 is 1.78 bits per heavy atom. The molecular weight excluding hydrogens is 623 g/mol. The lowest BCUT2D eigenvalue weighted by Gasteiger charge is -2.33. The van der Waals surface area contributed by atoms with Gasteiger partial charge in [-0.1, -0.05) is 150 Å². The first-order chi connectivity index (χ1) is 23.9. The summed E-state index contributed by atoms with van der Waals surface area (Å²) in [5, 5.41) is 10.6. The van der Waals surface area contributed by atoms with Gasteiger partial charge in [0.05, 0.1) is 18.0 Å². The number of rotatable bonds is 29. The fourth-order valence-corrected chi connectivity index (χ4v) is 7.49. The van der Waals surface area contributed by atoms with Crippen molar-refractivity contribution in [3.63, 3.8) is 0 Å². The van der Waals surface area contributed by atoms with Crippen LogP contribution in [-0.2, 0) is 6.42 Å². The maximum absolute atomic E-state index is 9.92. The summed E-state index contributed by atoms with van der Waals surface area (Å²) in [6, 6.07) is 9.14. The Balaban J connectivity index is 2.41. The topological polar surface area (TPSA) is 73.2 Å². The highest BCUT2D eigenvalue weighted by molar-refractivity contribution is 7.16. The van der Waals surface area contributed by atoms with Crippen molar-refractivity contribution < 1.29 is 4.74 Å². The molecule has 0 bridgehead atoms. The number of anilines is 3. The summed E-state index contributed by atoms with van der Waals surface area (Å²) in [7, 11) is 0. The van der Waals surface area contributed by atoms with Crippen molar-refractivity contribution in [2.45, 2.75) is 165 Å². The van der Waals surface area contributed by atoms with Crippen LogP contribution in [0.4, 0.5) is 16.5 Å². The second-order valence-electron chi connectivity index (χ2n) is 14.4. The zero-order valence-corrected chi connectivity index (χ0v) is 33.7. The molecule has 4 unspecified atom stereocenters. The highest BCUT2D eigenvalue weighted by Crippen LogP contribution is 2.34. The number of nitrogens with one attached hydrogen (secondary N) is 2. The molecule has 7 heteroatoms. The normalized spacial score (nSPS) is 13.8. The van der Waals surface area contributed by atoms with E-state index in [4.69, 9.17) is 9.72 Å². The Labute approximate surface area is 306 Å². The van der Waals surface area contributed by atoms with Crippen molar-refractivity contribution in [1.29, 1.82) is 5.26 Å². The summed E-state index contributed by atoms with van der Waals surface area (Å²) in [6.45, 7) is 21.3. The van der Waals surface area contributed by atoms with Crippen molar-refractivity contribution in [3.05, 3.63) is 28.8 Å². The average Bonchev–Trinajstić information content (AvgIpc) is 3.53. The summed E-state index contributed by atoms with van der Waals surface area (Å²) >= 11 is 1.44. The molecule has 2 rings (SSSR count). The minimum atomic E-state index is 0.538. The maximum Gasteiger partial charge on any atom is 0.203 e. The lowest BCUT2D eigenvalue weighted by Crippen LogP contribution is -2.34. The van der Waals surface area contributed by atoms with Gasteiger partial charge in [-0.2, -0.15) is 5.26 Å². The third-order valence-electron chi connectivity index (χ3n) is 10.5. The molecule has 6 nitrogen and oxygen atoms in total. The van der Waals surface area contributed by atoms with Gasteiger partial charge in [0.2, 0.25) is 5.13 Å². The average molecular weight is 696 g/mol. The summed E-state index contributed by atoms with van der Waals surface area (Å²) < 4.78 is 6.72. The van der Waals surface area contributed by atoms with Gasteiger partial charge >= 0.3 is 0 Å². The van der Waals surface area contributed by atoms with E-state index in [1.165, 1.54) is 107 Å². The van der Waals surface area contributed by atoms with Crippen LogP contribution >= 0.6 is 11.3 Å². The molecule has 2 N–H and O–H groups in total. The zero-order chi connectivity index (χ0) is 35.9. The Hall–Kier alpha value is -2.46. The second-order valence-corrected chi connectivity index (χ2v) is 15.4. The van der Waals surface area contributed by atoms with Crippen molar-refractivity contribution >= 4 is 27.8 Å². The first kappa shape index (κ1) is 42.7. The van der Waals surface area contributed by atoms with E-state index in [2.05, 4.69) is 95.4 Å². The van der Waals surface area contributed by atoms with Crippen LogP contribution < -0.4 is 20.5 Å². The molecule has 4 atom stereocenters. The number of hydrogen-bond acceptors (Lipinski definition) is 7. The minimum Gasteiger partial charge on any atom is -0.491 e. The van der Waals surface area contributed by atoms with E-state index < -0.39 is 0 Å². The SMILES string of the molecule is CCCCC(CC)COc1cc(N(CC(CC)CCCC)CC(CC)CCCC)ccc1NNc1nc(CC(CC)CCCC)c(C#N)s1. The molecule has 0 saturated carbocycles. The molecule has 0 spiro atoms. The molecule has 2 aromatic rings. The number of unbranched alkanes of at least 4 members (excludes halogenated alkanes) is 4. The number of hydrazine groups is 1. The third-order valence-corrected chi connectivity index (χ3v) is 11.4. The fourth-order valence-electron chi connectivity index (χ4n) is 6.75. The van der Waals surface area contributed by atoms with E-state index >= 15 is 0 Å². The number of nitriles is 1. The van der Waals surface area contributed by atoms with Crippen molar-refractivity contribution in [2.24, 2.45) is 23.7 Å². The largest absolute Gasteiger partial charge is 0.491 e. The van der Waals surface area contributed by atoms with Gasteiger partial charge in [0.25, 0.3) is 0 Å². The molecule has 1 heterocycles. The Kier molecular flexibility index (Phi) is 22.2. The molecule has 1 aromatic carbocycles. The van der Waals surface area contributed by atoms with E-state index in [9.17, 15) is 5.26 Å². The van der Waals surface area contributed by atoms with Crippen LogP contribution in [0.25, 0.3) is 0 Å². The molecule has 0 radical (unpaired) electrons. The van der Waals surface area contributed by atoms with Gasteiger partial charge in [-0.05, 0) is 61.5 Å². The molecule has 0 saturated heterocycles. The standard InChI is InChI=1S/C42H73N5OS/c1-9-17-21-33(13-5)27-39-41(29-43)49-42(44-39)46-45-38-26-25-37(28-40(38)48-32-36(16-8)24-20-12-4)47(30-34(14-6)22-18-10-2)31-35(15-7)23-19-11-3/h25-26,28,33-36,45H,9-24,27,30-32H2,1-8H3,(H,44,46). The zero-order valence-electron chi connectivity index (χ0n) is 32.8. The monoisotopic (exact) mass is 696 g/mol. The van der Waals surface area contributed by atoms with Crippen LogP contribution in [0.15, 0.2) is 18.2 Å². The molecule has 0 aliphatic rings. The number of aromatic nitrogens is 1. The second kappa shape index (κ2) is 25.5. The van der Waals surface area contributed by atoms with Gasteiger partial charge in [-0.15, -0.1) is 0 Å². The van der Waals surface area contributed by atoms with Crippen LogP contribution in [-0.4, -0.2) is 24.7 Å². The molecule has 0 fully saturated rings. The number of nitrogens with zero attached hydrogens (tertiary/aromatic N) is 3. The number of thiazole rings is 1. The first-order valence-electron chi connectivity index (χ1n) is 20.3. The lowest BCUT2D eigenvalue weighted by molar-refractivity contribution is 0.234. The fraction of sp³-hybridized carbons (Fsp3) is 0.762. The highest BCUT2D eigenvalue weighted by Gasteiger charge is 2.21. The van der Waals surface area contributed by atoms with E-state index in [1.807, 2.05) is 0 Å². The Morgan fingerprint density at radius 2 is 1.27 bits per heavy atom. The molecule has 278 valence electrons. The molecule has 1 aromatic heterocycles. The molecular formula is C42H73N5OS. The van der Waals surface area contributed by atoms with Crippen molar-refractivity contribution in [2.75, 3.05) is 35.4 Å². The quantitative estimate of drug-likeness (QED) is 0.0825. The first-order valence-corrected chi connectivity index (χ1v) is 21.1. The Morgan fingerprint density at radius 1 is 0.735 bits per heavy atom. The number of hydrogen-bond donors (Lipinski definition) is 2. The summed E-state index contributed by atoms with van der Waals surface area (Å²) in [5.74, 6) is 3.36. The lowest BCUT2D eigenvalue weighted by atomic mass is 9.94. The van der Waals surface area contributed by atoms with Crippen LogP contribution in [0.5, 0.6) is 5.75 Å². The van der Waals surface area contributed by atoms with Crippen molar-refractivity contribution in [1.82, 2.24) is 4.98 Å². The van der Waals surface area contributed by atoms with E-state index in [0.717, 1.165) is 54.6 Å². The molecule has 0 aliphatic carbocycles. The third kappa shape index (κ3) is 15.5. The molecule has 0 amide bonds. The smallest absolute Gasteiger partial charge is 0.203 e. The van der Waals surface area contributed by atoms with E-state index in [1.54, 1.807) is 0 Å². The van der Waals surface area contributed by atoms with Gasteiger partial charge in [0.1, 0.15) is 16.7 Å². The predicted octanol–water partition coefficient (Wildman–Crippen LogP) is 13.0. The highest BCUT2D eigenvalue weighted by atomic mass is 32.1. The summed E-state index contributed by atoms with van der Waals surface area (Å²) in [4.78, 5) is 8.28. The number of benzene rings is 1. The van der Waals surface area contributed by atoms with Gasteiger partial charge in [-0.25, -0.2) is 4.98 Å².